The van der Waals surface area contributed by atoms with E-state index in [0.717, 1.165) is 12.1 Å². The van der Waals surface area contributed by atoms with Gasteiger partial charge in [-0.25, -0.2) is 9.67 Å². The summed E-state index contributed by atoms with van der Waals surface area (Å²) in [7, 11) is 1.63. The fraction of sp³-hybridized carbons (Fsp3) is 0.250. The summed E-state index contributed by atoms with van der Waals surface area (Å²) >= 11 is 0. The largest absolute Gasteiger partial charge is 0.416 e. The molecular weight excluding hydrogens is 429 g/mol. The first-order valence-electron chi connectivity index (χ1n) is 9.37. The standard InChI is InChI=1S/C20H19F3N6O3/c1-13(14-4-3-5-16(8-14)29(31)32)27(2)10-19(30)26-17-9-15(20(21,22)23)6-7-18(17)28-12-24-11-25-28/h3-9,11-13H,10H2,1-2H3,(H,26,30)/t13-/m1/s1. The van der Waals surface area contributed by atoms with Gasteiger partial charge >= 0.3 is 6.18 Å². The van der Waals surface area contributed by atoms with Crippen LogP contribution in [0.2, 0.25) is 0 Å². The molecule has 3 rings (SSSR count). The lowest BCUT2D eigenvalue weighted by molar-refractivity contribution is -0.384. The van der Waals surface area contributed by atoms with E-state index in [1.807, 2.05) is 0 Å². The first kappa shape index (κ1) is 22.9. The van der Waals surface area contributed by atoms with E-state index in [1.165, 1.54) is 35.5 Å². The van der Waals surface area contributed by atoms with E-state index in [2.05, 4.69) is 15.4 Å². The maximum absolute atomic E-state index is 13.2. The van der Waals surface area contributed by atoms with Crippen LogP contribution < -0.4 is 5.32 Å². The van der Waals surface area contributed by atoms with Crippen LogP contribution in [-0.2, 0) is 11.0 Å². The number of aromatic nitrogens is 3. The van der Waals surface area contributed by atoms with E-state index in [1.54, 1.807) is 31.0 Å². The number of carbonyl (C=O) groups is 1. The van der Waals surface area contributed by atoms with Crippen LogP contribution >= 0.6 is 0 Å². The summed E-state index contributed by atoms with van der Waals surface area (Å²) in [4.78, 5) is 28.5. The quantitative estimate of drug-likeness (QED) is 0.435. The second-order valence-electron chi connectivity index (χ2n) is 7.06. The van der Waals surface area contributed by atoms with Crippen LogP contribution in [0.15, 0.2) is 55.1 Å². The number of benzene rings is 2. The first-order chi connectivity index (χ1) is 15.1. The molecule has 1 amide bonds. The molecule has 0 saturated carbocycles. The van der Waals surface area contributed by atoms with Gasteiger partial charge in [-0.15, -0.1) is 0 Å². The van der Waals surface area contributed by atoms with Gasteiger partial charge in [0.05, 0.1) is 28.4 Å². The summed E-state index contributed by atoms with van der Waals surface area (Å²) in [5, 5.41) is 17.4. The van der Waals surface area contributed by atoms with Crippen molar-refractivity contribution in [3.63, 3.8) is 0 Å². The molecule has 9 nitrogen and oxygen atoms in total. The molecule has 0 unspecified atom stereocenters. The van der Waals surface area contributed by atoms with Gasteiger partial charge in [0, 0.05) is 18.2 Å². The normalized spacial score (nSPS) is 12.6. The van der Waals surface area contributed by atoms with Crippen LogP contribution in [-0.4, -0.2) is 44.1 Å². The number of amides is 1. The third-order valence-corrected chi connectivity index (χ3v) is 4.88. The Morgan fingerprint density at radius 2 is 2.03 bits per heavy atom. The van der Waals surface area contributed by atoms with Crippen molar-refractivity contribution in [3.05, 3.63) is 76.4 Å². The highest BCUT2D eigenvalue weighted by atomic mass is 19.4. The minimum Gasteiger partial charge on any atom is -0.323 e. The molecule has 0 radical (unpaired) electrons. The average molecular weight is 448 g/mol. The zero-order valence-electron chi connectivity index (χ0n) is 17.1. The van der Waals surface area contributed by atoms with Gasteiger partial charge in [0.2, 0.25) is 5.91 Å². The summed E-state index contributed by atoms with van der Waals surface area (Å²) in [6.07, 6.45) is -2.07. The Labute approximate surface area is 180 Å². The second kappa shape index (κ2) is 9.14. The molecular formula is C20H19F3N6O3. The minimum absolute atomic E-state index is 0.0753. The molecule has 0 aliphatic carbocycles. The number of alkyl halides is 3. The van der Waals surface area contributed by atoms with Crippen molar-refractivity contribution in [1.82, 2.24) is 19.7 Å². The van der Waals surface area contributed by atoms with Gasteiger partial charge in [0.25, 0.3) is 5.69 Å². The lowest BCUT2D eigenvalue weighted by Crippen LogP contribution is -2.32. The molecule has 1 heterocycles. The van der Waals surface area contributed by atoms with E-state index >= 15 is 0 Å². The summed E-state index contributed by atoms with van der Waals surface area (Å²) in [5.41, 5.74) is -0.231. The molecule has 0 bridgehead atoms. The average Bonchev–Trinajstić information content (AvgIpc) is 3.27. The molecule has 3 aromatic rings. The van der Waals surface area contributed by atoms with Crippen molar-refractivity contribution in [1.29, 1.82) is 0 Å². The molecule has 12 heteroatoms. The Morgan fingerprint density at radius 1 is 1.28 bits per heavy atom. The maximum Gasteiger partial charge on any atom is 0.416 e. The predicted molar refractivity (Wildman–Crippen MR) is 109 cm³/mol. The van der Waals surface area contributed by atoms with Crippen LogP contribution in [0.25, 0.3) is 5.69 Å². The highest BCUT2D eigenvalue weighted by Gasteiger charge is 2.31. The maximum atomic E-state index is 13.2. The third-order valence-electron chi connectivity index (χ3n) is 4.88. The van der Waals surface area contributed by atoms with Crippen molar-refractivity contribution in [3.8, 4) is 5.69 Å². The molecule has 0 aliphatic rings. The molecule has 0 saturated heterocycles. The van der Waals surface area contributed by atoms with E-state index in [0.29, 0.717) is 5.56 Å². The number of likely N-dealkylation sites (N-methyl/N-ethyl adjacent to an activating group) is 1. The molecule has 2 aromatic carbocycles. The van der Waals surface area contributed by atoms with Gasteiger partial charge in [0.15, 0.2) is 0 Å². The second-order valence-corrected chi connectivity index (χ2v) is 7.06. The lowest BCUT2D eigenvalue weighted by atomic mass is 10.1. The Balaban J connectivity index is 1.79. The highest BCUT2D eigenvalue weighted by molar-refractivity contribution is 5.94. The zero-order valence-corrected chi connectivity index (χ0v) is 17.1. The van der Waals surface area contributed by atoms with Gasteiger partial charge in [-0.3, -0.25) is 19.8 Å². The smallest absolute Gasteiger partial charge is 0.323 e. The summed E-state index contributed by atoms with van der Waals surface area (Å²) in [6, 6.07) is 8.57. The molecule has 32 heavy (non-hydrogen) atoms. The minimum atomic E-state index is -4.59. The van der Waals surface area contributed by atoms with Crippen LogP contribution in [0.5, 0.6) is 0 Å². The van der Waals surface area contributed by atoms with Gasteiger partial charge < -0.3 is 5.32 Å². The Kier molecular flexibility index (Phi) is 6.53. The van der Waals surface area contributed by atoms with Crippen LogP contribution in [0.3, 0.4) is 0 Å². The fourth-order valence-corrected chi connectivity index (χ4v) is 3.05. The molecule has 0 fully saturated rings. The number of hydrogen-bond acceptors (Lipinski definition) is 6. The number of nitrogens with one attached hydrogen (secondary N) is 1. The molecule has 0 spiro atoms. The van der Waals surface area contributed by atoms with Gasteiger partial charge in [0.1, 0.15) is 12.7 Å². The highest BCUT2D eigenvalue weighted by Crippen LogP contribution is 2.33. The first-order valence-corrected chi connectivity index (χ1v) is 9.37. The van der Waals surface area contributed by atoms with Crippen molar-refractivity contribution < 1.29 is 22.9 Å². The number of non-ortho nitro benzene ring substituents is 1. The summed E-state index contributed by atoms with van der Waals surface area (Å²) < 4.78 is 40.7. The van der Waals surface area contributed by atoms with Crippen molar-refractivity contribution >= 4 is 17.3 Å². The number of carbonyl (C=O) groups excluding carboxylic acids is 1. The Morgan fingerprint density at radius 3 is 2.66 bits per heavy atom. The van der Waals surface area contributed by atoms with Crippen molar-refractivity contribution in [2.45, 2.75) is 19.1 Å². The van der Waals surface area contributed by atoms with Gasteiger partial charge in [-0.1, -0.05) is 12.1 Å². The third kappa shape index (κ3) is 5.27. The number of rotatable bonds is 7. The number of nitro groups is 1. The van der Waals surface area contributed by atoms with Gasteiger partial charge in [-0.05, 0) is 37.7 Å². The molecule has 0 aliphatic heterocycles. The van der Waals surface area contributed by atoms with Crippen molar-refractivity contribution in [2.24, 2.45) is 0 Å². The Bertz CT molecular complexity index is 1120. The lowest BCUT2D eigenvalue weighted by Gasteiger charge is -2.24. The number of hydrogen-bond donors (Lipinski definition) is 1. The van der Waals surface area contributed by atoms with E-state index < -0.39 is 22.6 Å². The van der Waals surface area contributed by atoms with E-state index in [-0.39, 0.29) is 29.6 Å². The zero-order chi connectivity index (χ0) is 23.5. The molecule has 168 valence electrons. The Hall–Kier alpha value is -3.80. The monoisotopic (exact) mass is 448 g/mol. The number of halogens is 3. The molecule has 1 N–H and O–H groups in total. The molecule has 1 aromatic heterocycles. The number of anilines is 1. The summed E-state index contributed by atoms with van der Waals surface area (Å²) in [5.74, 6) is -0.564. The van der Waals surface area contributed by atoms with Crippen LogP contribution in [0.4, 0.5) is 24.5 Å². The SMILES string of the molecule is C[C@H](c1cccc([N+](=O)[O-])c1)N(C)CC(=O)Nc1cc(C(F)(F)F)ccc1-n1cncn1. The van der Waals surface area contributed by atoms with Crippen LogP contribution in [0.1, 0.15) is 24.1 Å². The molecule has 1 atom stereocenters. The number of nitro benzene ring substituents is 1. The van der Waals surface area contributed by atoms with Crippen molar-refractivity contribution in [2.75, 3.05) is 18.9 Å². The van der Waals surface area contributed by atoms with E-state index in [4.69, 9.17) is 0 Å². The van der Waals surface area contributed by atoms with Crippen LogP contribution in [0, 0.1) is 10.1 Å². The predicted octanol–water partition coefficient (Wildman–Crippen LogP) is 3.83. The topological polar surface area (TPSA) is 106 Å². The van der Waals surface area contributed by atoms with E-state index in [9.17, 15) is 28.1 Å². The number of nitrogens with zero attached hydrogens (tertiary/aromatic N) is 5. The summed E-state index contributed by atoms with van der Waals surface area (Å²) in [6.45, 7) is 1.59. The van der Waals surface area contributed by atoms with Gasteiger partial charge in [-0.2, -0.15) is 18.3 Å². The fourth-order valence-electron chi connectivity index (χ4n) is 3.05.